The van der Waals surface area contributed by atoms with Crippen molar-refractivity contribution in [3.8, 4) is 0 Å². The molecule has 12 heteroatoms. The van der Waals surface area contributed by atoms with Gasteiger partial charge >= 0.3 is 4.87 Å². The summed E-state index contributed by atoms with van der Waals surface area (Å²) >= 11 is 2.11. The van der Waals surface area contributed by atoms with Crippen molar-refractivity contribution in [3.63, 3.8) is 0 Å². The fraction of sp³-hybridized carbons (Fsp3) is 0.222. The Kier molecular flexibility index (Phi) is 7.80. The number of nitro benzene ring substituents is 1. The number of nitrogens with zero attached hydrogens (tertiary/aromatic N) is 3. The number of amides is 3. The number of imide groups is 1. The summed E-state index contributed by atoms with van der Waals surface area (Å²) in [4.78, 5) is 67.1. The minimum atomic E-state index is -0.878. The SMILES string of the molecule is CC(C)(C)c1ccc([C@@H]2c3sc(=O)n(CC(=O)Nc4ccc5ccccc5c4)c3S[C@H]3C(=O)N(c4ccc([N+](=O)[O-])cc4)C(=O)[C@@H]23)cc1. The molecule has 0 saturated carbocycles. The van der Waals surface area contributed by atoms with Crippen LogP contribution in [-0.2, 0) is 26.3 Å². The van der Waals surface area contributed by atoms with Crippen LogP contribution in [0.4, 0.5) is 17.1 Å². The van der Waals surface area contributed by atoms with Crippen LogP contribution in [-0.4, -0.2) is 32.5 Å². The minimum absolute atomic E-state index is 0.118. The lowest BCUT2D eigenvalue weighted by molar-refractivity contribution is -0.384. The number of thioether (sulfide) groups is 1. The maximum absolute atomic E-state index is 14.2. The Morgan fingerprint density at radius 2 is 1.58 bits per heavy atom. The number of hydrogen-bond donors (Lipinski definition) is 1. The first kappa shape index (κ1) is 31.5. The zero-order valence-corrected chi connectivity index (χ0v) is 27.8. The van der Waals surface area contributed by atoms with Crippen molar-refractivity contribution in [2.45, 2.75) is 48.9 Å². The van der Waals surface area contributed by atoms with Gasteiger partial charge in [-0.2, -0.15) is 0 Å². The number of rotatable bonds is 6. The number of benzene rings is 4. The van der Waals surface area contributed by atoms with Crippen molar-refractivity contribution in [1.29, 1.82) is 0 Å². The fourth-order valence-corrected chi connectivity index (χ4v) is 9.17. The first-order valence-electron chi connectivity index (χ1n) is 15.3. The summed E-state index contributed by atoms with van der Waals surface area (Å²) in [5.74, 6) is -2.77. The van der Waals surface area contributed by atoms with Crippen molar-refractivity contribution in [3.05, 3.63) is 127 Å². The third kappa shape index (κ3) is 5.50. The Morgan fingerprint density at radius 1 is 0.896 bits per heavy atom. The van der Waals surface area contributed by atoms with Gasteiger partial charge in [0, 0.05) is 28.6 Å². The van der Waals surface area contributed by atoms with Crippen molar-refractivity contribution in [1.82, 2.24) is 4.57 Å². The molecular weight excluding hydrogens is 649 g/mol. The molecule has 10 nitrogen and oxygen atoms in total. The molecule has 4 aromatic carbocycles. The number of aromatic nitrogens is 1. The van der Waals surface area contributed by atoms with Crippen LogP contribution in [0.3, 0.4) is 0 Å². The van der Waals surface area contributed by atoms with Crippen LogP contribution in [0.2, 0.25) is 0 Å². The van der Waals surface area contributed by atoms with E-state index in [9.17, 15) is 29.3 Å². The molecule has 242 valence electrons. The van der Waals surface area contributed by atoms with E-state index in [-0.39, 0.29) is 28.2 Å². The zero-order valence-electron chi connectivity index (χ0n) is 26.2. The van der Waals surface area contributed by atoms with E-state index in [1.807, 2.05) is 60.7 Å². The Bertz CT molecular complexity index is 2180. The first-order chi connectivity index (χ1) is 22.9. The number of fused-ring (bicyclic) bond motifs is 3. The van der Waals surface area contributed by atoms with Crippen LogP contribution in [0.5, 0.6) is 0 Å². The molecule has 0 spiro atoms. The molecule has 48 heavy (non-hydrogen) atoms. The van der Waals surface area contributed by atoms with Crippen LogP contribution in [0.1, 0.15) is 42.7 Å². The number of non-ortho nitro benzene ring substituents is 1. The predicted molar refractivity (Wildman–Crippen MR) is 187 cm³/mol. The van der Waals surface area contributed by atoms with Gasteiger partial charge in [0.15, 0.2) is 0 Å². The smallest absolute Gasteiger partial charge is 0.308 e. The van der Waals surface area contributed by atoms with Crippen LogP contribution >= 0.6 is 23.1 Å². The molecule has 0 bridgehead atoms. The van der Waals surface area contributed by atoms with Crippen LogP contribution < -0.4 is 15.1 Å². The van der Waals surface area contributed by atoms with Gasteiger partial charge in [0.05, 0.1) is 21.6 Å². The lowest BCUT2D eigenvalue weighted by Crippen LogP contribution is -2.33. The third-order valence-corrected chi connectivity index (χ3v) is 11.4. The van der Waals surface area contributed by atoms with E-state index in [0.29, 0.717) is 15.6 Å². The van der Waals surface area contributed by atoms with E-state index < -0.39 is 39.7 Å². The molecule has 1 aromatic heterocycles. The van der Waals surface area contributed by atoms with Gasteiger partial charge in [0.1, 0.15) is 11.8 Å². The molecule has 2 aliphatic heterocycles. The molecular formula is C36H30N4O6S2. The van der Waals surface area contributed by atoms with E-state index >= 15 is 0 Å². The van der Waals surface area contributed by atoms with Gasteiger partial charge in [0.2, 0.25) is 17.7 Å². The van der Waals surface area contributed by atoms with Crippen molar-refractivity contribution >= 4 is 68.7 Å². The molecule has 0 aliphatic carbocycles. The Hall–Kier alpha value is -5.07. The molecule has 7 rings (SSSR count). The Labute approximate surface area is 283 Å². The predicted octanol–water partition coefficient (Wildman–Crippen LogP) is 6.70. The quantitative estimate of drug-likeness (QED) is 0.120. The zero-order chi connectivity index (χ0) is 33.9. The average molecular weight is 679 g/mol. The number of anilines is 2. The molecule has 0 radical (unpaired) electrons. The first-order valence-corrected chi connectivity index (χ1v) is 17.0. The van der Waals surface area contributed by atoms with Crippen molar-refractivity contribution < 1.29 is 19.3 Å². The highest BCUT2D eigenvalue weighted by molar-refractivity contribution is 8.00. The lowest BCUT2D eigenvalue weighted by atomic mass is 9.81. The third-order valence-electron chi connectivity index (χ3n) is 8.84. The molecule has 1 N–H and O–H groups in total. The molecule has 5 aromatic rings. The second kappa shape index (κ2) is 11.9. The van der Waals surface area contributed by atoms with Gasteiger partial charge < -0.3 is 5.32 Å². The Balaban J connectivity index is 1.26. The monoisotopic (exact) mass is 678 g/mol. The van der Waals surface area contributed by atoms with Gasteiger partial charge in [-0.3, -0.25) is 33.9 Å². The number of nitro groups is 1. The number of carbonyl (C=O) groups is 3. The topological polar surface area (TPSA) is 132 Å². The number of nitrogens with one attached hydrogen (secondary N) is 1. The van der Waals surface area contributed by atoms with Crippen LogP contribution in [0, 0.1) is 16.0 Å². The average Bonchev–Trinajstić information content (AvgIpc) is 3.50. The van der Waals surface area contributed by atoms with Gasteiger partial charge in [-0.25, -0.2) is 4.90 Å². The summed E-state index contributed by atoms with van der Waals surface area (Å²) in [5.41, 5.74) is 2.42. The second-order valence-corrected chi connectivity index (χ2v) is 15.1. The van der Waals surface area contributed by atoms with Crippen molar-refractivity contribution in [2.75, 3.05) is 10.2 Å². The second-order valence-electron chi connectivity index (χ2n) is 12.9. The summed E-state index contributed by atoms with van der Waals surface area (Å²) in [6, 6.07) is 26.6. The maximum atomic E-state index is 14.2. The largest absolute Gasteiger partial charge is 0.325 e. The highest BCUT2D eigenvalue weighted by Gasteiger charge is 2.57. The molecule has 0 unspecified atom stereocenters. The van der Waals surface area contributed by atoms with Crippen molar-refractivity contribution in [2.24, 2.45) is 5.92 Å². The number of carbonyl (C=O) groups excluding carboxylic acids is 3. The van der Waals surface area contributed by atoms with Gasteiger partial charge in [-0.15, -0.1) is 0 Å². The Morgan fingerprint density at radius 3 is 2.25 bits per heavy atom. The van der Waals surface area contributed by atoms with Crippen LogP contribution in [0.25, 0.3) is 10.8 Å². The molecule has 1 fully saturated rings. The van der Waals surface area contributed by atoms with Gasteiger partial charge in [-0.1, -0.05) is 98.5 Å². The lowest BCUT2D eigenvalue weighted by Gasteiger charge is -2.31. The summed E-state index contributed by atoms with van der Waals surface area (Å²) in [7, 11) is 0. The number of hydrogen-bond acceptors (Lipinski definition) is 8. The van der Waals surface area contributed by atoms with E-state index in [2.05, 4.69) is 26.1 Å². The molecule has 1 saturated heterocycles. The summed E-state index contributed by atoms with van der Waals surface area (Å²) in [6.07, 6.45) is 0. The molecule has 3 amide bonds. The maximum Gasteiger partial charge on any atom is 0.308 e. The molecule has 2 aliphatic rings. The summed E-state index contributed by atoms with van der Waals surface area (Å²) in [5, 5.41) is 15.7. The minimum Gasteiger partial charge on any atom is -0.325 e. The number of thiazole rings is 1. The van der Waals surface area contributed by atoms with E-state index in [1.54, 1.807) is 6.07 Å². The highest BCUT2D eigenvalue weighted by Crippen LogP contribution is 2.54. The standard InChI is InChI=1S/C36H30N4O6S2/c1-36(2,3)23-11-8-21(9-12-23)28-29-30(33(43)39(32(29)42)25-14-16-26(17-15-25)40(45)46)47-34-31(28)48-35(44)38(34)19-27(41)37-24-13-10-20-6-4-5-7-22(20)18-24/h4-18,28-30H,19H2,1-3H3,(H,37,41)/t28-,29-,30+/m0/s1. The highest BCUT2D eigenvalue weighted by atomic mass is 32.2. The fourth-order valence-electron chi connectivity index (χ4n) is 6.39. The van der Waals surface area contributed by atoms with Gasteiger partial charge in [-0.05, 0) is 51.6 Å². The van der Waals surface area contributed by atoms with E-state index in [4.69, 9.17) is 0 Å². The van der Waals surface area contributed by atoms with Gasteiger partial charge in [0.25, 0.3) is 5.69 Å². The molecule has 3 atom stereocenters. The normalized spacial score (nSPS) is 18.9. The summed E-state index contributed by atoms with van der Waals surface area (Å²) in [6.45, 7) is 6.03. The summed E-state index contributed by atoms with van der Waals surface area (Å²) < 4.78 is 1.39. The van der Waals surface area contributed by atoms with E-state index in [0.717, 1.165) is 49.9 Å². The molecule has 3 heterocycles. The van der Waals surface area contributed by atoms with E-state index in [1.165, 1.54) is 28.8 Å². The van der Waals surface area contributed by atoms with Crippen LogP contribution in [0.15, 0.2) is 101 Å².